The molecule has 0 fully saturated rings. The van der Waals surface area contributed by atoms with Crippen molar-refractivity contribution in [1.29, 1.82) is 0 Å². The number of phenolic OH excluding ortho intramolecular Hbond substituents is 2. The summed E-state index contributed by atoms with van der Waals surface area (Å²) in [4.78, 5) is 13.7. The van der Waals surface area contributed by atoms with Crippen LogP contribution in [0.4, 0.5) is 0 Å². The minimum atomic E-state index is -0.219. The molecule has 5 heteroatoms. The van der Waals surface area contributed by atoms with Gasteiger partial charge in [0.1, 0.15) is 11.5 Å². The van der Waals surface area contributed by atoms with E-state index in [1.807, 2.05) is 6.92 Å². The first kappa shape index (κ1) is 13.6. The molecule has 1 amide bonds. The van der Waals surface area contributed by atoms with E-state index < -0.39 is 0 Å². The minimum Gasteiger partial charge on any atom is -0.508 e. The first-order chi connectivity index (χ1) is 8.08. The number of benzene rings is 1. The van der Waals surface area contributed by atoms with E-state index in [-0.39, 0.29) is 23.0 Å². The van der Waals surface area contributed by atoms with E-state index in [0.29, 0.717) is 25.4 Å². The lowest BCUT2D eigenvalue weighted by Gasteiger charge is -2.20. The van der Waals surface area contributed by atoms with E-state index in [1.54, 1.807) is 4.90 Å². The molecule has 0 atom stereocenters. The molecular weight excluding hydrogens is 242 g/mol. The highest BCUT2D eigenvalue weighted by molar-refractivity contribution is 6.17. The Morgan fingerprint density at radius 1 is 1.29 bits per heavy atom. The van der Waals surface area contributed by atoms with Crippen LogP contribution < -0.4 is 0 Å². The second kappa shape index (κ2) is 6.35. The van der Waals surface area contributed by atoms with Crippen molar-refractivity contribution in [3.8, 4) is 11.5 Å². The Hall–Kier alpha value is -1.42. The third-order valence-corrected chi connectivity index (χ3v) is 2.65. The van der Waals surface area contributed by atoms with Crippen LogP contribution in [0, 0.1) is 0 Å². The lowest BCUT2D eigenvalue weighted by Crippen LogP contribution is -2.31. The number of phenols is 2. The molecule has 1 aromatic carbocycles. The number of hydrogen-bond acceptors (Lipinski definition) is 3. The van der Waals surface area contributed by atoms with Crippen LogP contribution in [0.2, 0.25) is 0 Å². The van der Waals surface area contributed by atoms with Crippen molar-refractivity contribution in [2.45, 2.75) is 13.3 Å². The van der Waals surface area contributed by atoms with Gasteiger partial charge < -0.3 is 15.1 Å². The molecule has 0 bridgehead atoms. The van der Waals surface area contributed by atoms with E-state index in [4.69, 9.17) is 11.6 Å². The number of amides is 1. The number of carbonyl (C=O) groups excluding carboxylic acids is 1. The summed E-state index contributed by atoms with van der Waals surface area (Å²) in [6.07, 6.45) is 0.714. The monoisotopic (exact) mass is 257 g/mol. The molecule has 17 heavy (non-hydrogen) atoms. The van der Waals surface area contributed by atoms with Crippen molar-refractivity contribution >= 4 is 17.5 Å². The standard InChI is InChI=1S/C12H16ClNO3/c1-2-14(5-3-4-13)12(17)9-6-10(15)8-11(16)7-9/h6-8,15-16H,2-5H2,1H3. The minimum absolute atomic E-state index is 0.123. The van der Waals surface area contributed by atoms with E-state index in [1.165, 1.54) is 18.2 Å². The molecule has 4 nitrogen and oxygen atoms in total. The third kappa shape index (κ3) is 3.82. The maximum absolute atomic E-state index is 12.0. The molecule has 2 N–H and O–H groups in total. The highest BCUT2D eigenvalue weighted by atomic mass is 35.5. The van der Waals surface area contributed by atoms with E-state index in [9.17, 15) is 15.0 Å². The largest absolute Gasteiger partial charge is 0.508 e. The Bertz CT molecular complexity index is 375. The maximum atomic E-state index is 12.0. The highest BCUT2D eigenvalue weighted by Gasteiger charge is 2.15. The van der Waals surface area contributed by atoms with Crippen molar-refractivity contribution in [3.05, 3.63) is 23.8 Å². The maximum Gasteiger partial charge on any atom is 0.254 e. The predicted octanol–water partition coefficient (Wildman–Crippen LogP) is 2.19. The number of rotatable bonds is 5. The number of nitrogens with zero attached hydrogens (tertiary/aromatic N) is 1. The highest BCUT2D eigenvalue weighted by Crippen LogP contribution is 2.21. The van der Waals surface area contributed by atoms with Gasteiger partial charge in [0, 0.05) is 30.6 Å². The average Bonchev–Trinajstić information content (AvgIpc) is 2.28. The van der Waals surface area contributed by atoms with Crippen LogP contribution >= 0.6 is 11.6 Å². The number of alkyl halides is 1. The first-order valence-corrected chi connectivity index (χ1v) is 6.00. The second-order valence-electron chi connectivity index (χ2n) is 3.67. The van der Waals surface area contributed by atoms with Gasteiger partial charge in [-0.25, -0.2) is 0 Å². The number of hydrogen-bond donors (Lipinski definition) is 2. The molecule has 0 aliphatic heterocycles. The zero-order chi connectivity index (χ0) is 12.8. The van der Waals surface area contributed by atoms with Crippen LogP contribution in [-0.2, 0) is 0 Å². The molecule has 1 rings (SSSR count). The summed E-state index contributed by atoms with van der Waals surface area (Å²) in [7, 11) is 0. The molecule has 0 aromatic heterocycles. The van der Waals surface area contributed by atoms with Crippen molar-refractivity contribution in [2.75, 3.05) is 19.0 Å². The Kier molecular flexibility index (Phi) is 5.10. The van der Waals surface area contributed by atoms with Crippen LogP contribution in [0.5, 0.6) is 11.5 Å². The molecular formula is C12H16ClNO3. The zero-order valence-electron chi connectivity index (χ0n) is 9.69. The fourth-order valence-electron chi connectivity index (χ4n) is 1.56. The summed E-state index contributed by atoms with van der Waals surface area (Å²) < 4.78 is 0. The molecule has 0 aliphatic rings. The summed E-state index contributed by atoms with van der Waals surface area (Å²) in [5, 5.41) is 18.6. The fraction of sp³-hybridized carbons (Fsp3) is 0.417. The predicted molar refractivity (Wildman–Crippen MR) is 66.7 cm³/mol. The summed E-state index contributed by atoms with van der Waals surface area (Å²) in [5.74, 6) is 0.0297. The van der Waals surface area contributed by atoms with Gasteiger partial charge in [0.2, 0.25) is 0 Å². The quantitative estimate of drug-likeness (QED) is 0.795. The van der Waals surface area contributed by atoms with Crippen LogP contribution in [0.3, 0.4) is 0 Å². The number of aromatic hydroxyl groups is 2. The molecule has 0 spiro atoms. The summed E-state index contributed by atoms with van der Waals surface area (Å²) in [6, 6.07) is 3.86. The van der Waals surface area contributed by atoms with Crippen LogP contribution in [-0.4, -0.2) is 40.0 Å². The van der Waals surface area contributed by atoms with E-state index in [0.717, 1.165) is 0 Å². The fourth-order valence-corrected chi connectivity index (χ4v) is 1.67. The van der Waals surface area contributed by atoms with E-state index >= 15 is 0 Å². The third-order valence-electron chi connectivity index (χ3n) is 2.38. The van der Waals surface area contributed by atoms with Crippen molar-refractivity contribution < 1.29 is 15.0 Å². The van der Waals surface area contributed by atoms with Crippen molar-refractivity contribution in [1.82, 2.24) is 4.90 Å². The summed E-state index contributed by atoms with van der Waals surface area (Å²) in [6.45, 7) is 3.00. The van der Waals surface area contributed by atoms with Gasteiger partial charge in [-0.3, -0.25) is 4.79 Å². The molecule has 0 heterocycles. The Morgan fingerprint density at radius 3 is 2.35 bits per heavy atom. The average molecular weight is 258 g/mol. The van der Waals surface area contributed by atoms with Gasteiger partial charge in [-0.1, -0.05) is 0 Å². The lowest BCUT2D eigenvalue weighted by atomic mass is 10.1. The first-order valence-electron chi connectivity index (χ1n) is 5.46. The summed E-state index contributed by atoms with van der Waals surface area (Å²) in [5.41, 5.74) is 0.277. The van der Waals surface area contributed by atoms with Gasteiger partial charge in [0.05, 0.1) is 0 Å². The molecule has 0 saturated heterocycles. The van der Waals surface area contributed by atoms with Crippen molar-refractivity contribution in [2.24, 2.45) is 0 Å². The number of halogens is 1. The molecule has 0 aliphatic carbocycles. The Morgan fingerprint density at radius 2 is 1.88 bits per heavy atom. The van der Waals surface area contributed by atoms with Gasteiger partial charge in [-0.05, 0) is 25.5 Å². The Balaban J connectivity index is 2.85. The zero-order valence-corrected chi connectivity index (χ0v) is 10.4. The van der Waals surface area contributed by atoms with E-state index in [2.05, 4.69) is 0 Å². The molecule has 0 saturated carbocycles. The normalized spacial score (nSPS) is 10.2. The van der Waals surface area contributed by atoms with Crippen LogP contribution in [0.1, 0.15) is 23.7 Å². The molecule has 94 valence electrons. The van der Waals surface area contributed by atoms with Gasteiger partial charge in [-0.15, -0.1) is 11.6 Å². The molecule has 0 radical (unpaired) electrons. The van der Waals surface area contributed by atoms with Gasteiger partial charge >= 0.3 is 0 Å². The smallest absolute Gasteiger partial charge is 0.254 e. The summed E-state index contributed by atoms with van der Waals surface area (Å²) >= 11 is 5.59. The van der Waals surface area contributed by atoms with Gasteiger partial charge in [-0.2, -0.15) is 0 Å². The SMILES string of the molecule is CCN(CCCCl)C(=O)c1cc(O)cc(O)c1. The number of carbonyl (C=O) groups is 1. The topological polar surface area (TPSA) is 60.8 Å². The molecule has 0 unspecified atom stereocenters. The second-order valence-corrected chi connectivity index (χ2v) is 4.04. The van der Waals surface area contributed by atoms with Gasteiger partial charge in [0.15, 0.2) is 0 Å². The van der Waals surface area contributed by atoms with Crippen molar-refractivity contribution in [3.63, 3.8) is 0 Å². The van der Waals surface area contributed by atoms with Crippen LogP contribution in [0.15, 0.2) is 18.2 Å². The van der Waals surface area contributed by atoms with Crippen LogP contribution in [0.25, 0.3) is 0 Å². The molecule has 1 aromatic rings. The van der Waals surface area contributed by atoms with Gasteiger partial charge in [0.25, 0.3) is 5.91 Å². The lowest BCUT2D eigenvalue weighted by molar-refractivity contribution is 0.0764. The Labute approximate surface area is 105 Å².